The molecule has 0 radical (unpaired) electrons. The van der Waals surface area contributed by atoms with Gasteiger partial charge in [0.25, 0.3) is 11.8 Å². The lowest BCUT2D eigenvalue weighted by Crippen LogP contribution is -2.19. The Balaban J connectivity index is 1.85. The molecule has 2 heterocycles. The van der Waals surface area contributed by atoms with Crippen LogP contribution in [-0.4, -0.2) is 27.6 Å². The third kappa shape index (κ3) is 4.35. The number of hydrogen-bond donors (Lipinski definition) is 3. The van der Waals surface area contributed by atoms with Gasteiger partial charge in [0.15, 0.2) is 5.78 Å². The van der Waals surface area contributed by atoms with E-state index in [9.17, 15) is 14.4 Å². The number of halogens is 1. The van der Waals surface area contributed by atoms with Gasteiger partial charge in [-0.3, -0.25) is 14.4 Å². The minimum Gasteiger partial charge on any atom is -0.354 e. The number of nitrogens with one attached hydrogen (secondary N) is 3. The van der Waals surface area contributed by atoms with Gasteiger partial charge < -0.3 is 15.6 Å². The molecule has 2 aromatic heterocycles. The summed E-state index contributed by atoms with van der Waals surface area (Å²) < 4.78 is 0. The van der Waals surface area contributed by atoms with Gasteiger partial charge >= 0.3 is 0 Å². The lowest BCUT2D eigenvalue weighted by Gasteiger charge is -2.11. The second kappa shape index (κ2) is 8.28. The van der Waals surface area contributed by atoms with Gasteiger partial charge in [-0.15, -0.1) is 0 Å². The van der Waals surface area contributed by atoms with Crippen molar-refractivity contribution < 1.29 is 14.4 Å². The van der Waals surface area contributed by atoms with E-state index in [2.05, 4.69) is 20.6 Å². The number of aromatic amines is 1. The number of anilines is 2. The highest BCUT2D eigenvalue weighted by Gasteiger charge is 2.21. The van der Waals surface area contributed by atoms with Crippen LogP contribution in [0.15, 0.2) is 42.6 Å². The molecule has 3 N–H and O–H groups in total. The molecule has 0 aliphatic heterocycles. The number of para-hydroxylation sites is 1. The summed E-state index contributed by atoms with van der Waals surface area (Å²) in [7, 11) is 0. The predicted octanol–water partition coefficient (Wildman–Crippen LogP) is 4.39. The zero-order valence-corrected chi connectivity index (χ0v) is 16.8. The van der Waals surface area contributed by atoms with E-state index in [4.69, 9.17) is 11.6 Å². The highest BCUT2D eigenvalue weighted by molar-refractivity contribution is 6.30. The number of aromatic nitrogens is 2. The Morgan fingerprint density at radius 3 is 2.34 bits per heavy atom. The van der Waals surface area contributed by atoms with Crippen LogP contribution in [0.25, 0.3) is 0 Å². The number of benzene rings is 1. The lowest BCUT2D eigenvalue weighted by molar-refractivity contribution is 0.101. The third-order valence-corrected chi connectivity index (χ3v) is 4.63. The molecule has 1 aromatic carbocycles. The molecule has 3 rings (SSSR count). The van der Waals surface area contributed by atoms with Crippen molar-refractivity contribution in [1.29, 1.82) is 0 Å². The molecular formula is C21H19ClN4O3. The summed E-state index contributed by atoms with van der Waals surface area (Å²) in [6.45, 7) is 4.90. The first-order valence-electron chi connectivity index (χ1n) is 8.81. The minimum absolute atomic E-state index is 0.120. The van der Waals surface area contributed by atoms with Crippen molar-refractivity contribution in [3.63, 3.8) is 0 Å². The van der Waals surface area contributed by atoms with Crippen molar-refractivity contribution >= 4 is 40.7 Å². The van der Waals surface area contributed by atoms with E-state index in [1.807, 2.05) is 0 Å². The smallest absolute Gasteiger partial charge is 0.272 e. The van der Waals surface area contributed by atoms with Crippen LogP contribution in [0.5, 0.6) is 0 Å². The van der Waals surface area contributed by atoms with E-state index in [-0.39, 0.29) is 17.0 Å². The predicted molar refractivity (Wildman–Crippen MR) is 112 cm³/mol. The maximum absolute atomic E-state index is 12.8. The second-order valence-electron chi connectivity index (χ2n) is 6.50. The molecule has 0 bridgehead atoms. The van der Waals surface area contributed by atoms with Gasteiger partial charge in [0.2, 0.25) is 0 Å². The Bertz CT molecular complexity index is 1100. The first kappa shape index (κ1) is 20.3. The van der Waals surface area contributed by atoms with Crippen LogP contribution in [-0.2, 0) is 0 Å². The molecule has 29 heavy (non-hydrogen) atoms. The summed E-state index contributed by atoms with van der Waals surface area (Å²) in [6.07, 6.45) is 1.42. The molecule has 148 valence electrons. The molecule has 0 fully saturated rings. The fourth-order valence-electron chi connectivity index (χ4n) is 3.11. The van der Waals surface area contributed by atoms with E-state index in [1.165, 1.54) is 13.1 Å². The summed E-state index contributed by atoms with van der Waals surface area (Å²) >= 11 is 5.80. The quantitative estimate of drug-likeness (QED) is 0.542. The van der Waals surface area contributed by atoms with Gasteiger partial charge in [0.05, 0.1) is 16.3 Å². The van der Waals surface area contributed by atoms with Gasteiger partial charge in [-0.05, 0) is 50.6 Å². The molecule has 3 aromatic rings. The van der Waals surface area contributed by atoms with Crippen LogP contribution >= 0.6 is 11.6 Å². The average Bonchev–Trinajstić information content (AvgIpc) is 2.98. The standard InChI is InChI=1S/C21H19ClN4O3/c1-11-18(13(3)27)12(2)24-19(11)21(29)25-16-7-5-4-6-15(16)20(28)26-17-9-8-14(22)10-23-17/h4-10,24H,1-3H3,(H,25,29)(H,23,26,28). The summed E-state index contributed by atoms with van der Waals surface area (Å²) in [4.78, 5) is 44.2. The highest BCUT2D eigenvalue weighted by Crippen LogP contribution is 2.22. The van der Waals surface area contributed by atoms with E-state index in [0.29, 0.717) is 33.3 Å². The number of aryl methyl sites for hydroxylation is 1. The largest absolute Gasteiger partial charge is 0.354 e. The fraction of sp³-hybridized carbons (Fsp3) is 0.143. The van der Waals surface area contributed by atoms with Gasteiger partial charge in [-0.2, -0.15) is 0 Å². The topological polar surface area (TPSA) is 104 Å². The SMILES string of the molecule is CC(=O)c1c(C)[nH]c(C(=O)Nc2ccccc2C(=O)Nc2ccc(Cl)cn2)c1C. The molecule has 0 aliphatic carbocycles. The highest BCUT2D eigenvalue weighted by atomic mass is 35.5. The van der Waals surface area contributed by atoms with E-state index in [0.717, 1.165) is 0 Å². The van der Waals surface area contributed by atoms with Gasteiger partial charge in [-0.1, -0.05) is 23.7 Å². The van der Waals surface area contributed by atoms with Crippen molar-refractivity contribution in [1.82, 2.24) is 9.97 Å². The summed E-state index contributed by atoms with van der Waals surface area (Å²) in [5, 5.41) is 5.86. The number of H-pyrrole nitrogens is 1. The number of carbonyl (C=O) groups excluding carboxylic acids is 3. The second-order valence-corrected chi connectivity index (χ2v) is 6.93. The van der Waals surface area contributed by atoms with Crippen LogP contribution < -0.4 is 10.6 Å². The molecule has 8 heteroatoms. The number of pyridine rings is 1. The van der Waals surface area contributed by atoms with Crippen LogP contribution in [0.1, 0.15) is 49.4 Å². The number of amides is 2. The van der Waals surface area contributed by atoms with Crippen LogP contribution in [0.3, 0.4) is 0 Å². The van der Waals surface area contributed by atoms with E-state index in [1.54, 1.807) is 50.2 Å². The van der Waals surface area contributed by atoms with Crippen molar-refractivity contribution in [2.24, 2.45) is 0 Å². The number of ketones is 1. The summed E-state index contributed by atoms with van der Waals surface area (Å²) in [5.74, 6) is -0.657. The minimum atomic E-state index is -0.442. The number of hydrogen-bond acceptors (Lipinski definition) is 4. The summed E-state index contributed by atoms with van der Waals surface area (Å²) in [5.41, 5.74) is 2.57. The van der Waals surface area contributed by atoms with Crippen molar-refractivity contribution in [3.8, 4) is 0 Å². The maximum atomic E-state index is 12.8. The molecule has 0 aliphatic rings. The Morgan fingerprint density at radius 1 is 1.00 bits per heavy atom. The Labute approximate surface area is 172 Å². The number of Topliss-reactive ketones (excluding diaryl/α,β-unsaturated/α-hetero) is 1. The molecule has 0 saturated carbocycles. The van der Waals surface area contributed by atoms with Crippen molar-refractivity contribution in [3.05, 3.63) is 75.7 Å². The van der Waals surface area contributed by atoms with Crippen molar-refractivity contribution in [2.45, 2.75) is 20.8 Å². The normalized spacial score (nSPS) is 10.5. The van der Waals surface area contributed by atoms with Crippen LogP contribution in [0.2, 0.25) is 5.02 Å². The third-order valence-electron chi connectivity index (χ3n) is 4.41. The maximum Gasteiger partial charge on any atom is 0.272 e. The molecule has 0 atom stereocenters. The van der Waals surface area contributed by atoms with Crippen LogP contribution in [0, 0.1) is 13.8 Å². The van der Waals surface area contributed by atoms with E-state index >= 15 is 0 Å². The van der Waals surface area contributed by atoms with Gasteiger partial charge in [0, 0.05) is 17.5 Å². The van der Waals surface area contributed by atoms with E-state index < -0.39 is 11.8 Å². The molecule has 0 spiro atoms. The van der Waals surface area contributed by atoms with Crippen molar-refractivity contribution in [2.75, 3.05) is 10.6 Å². The van der Waals surface area contributed by atoms with Gasteiger partial charge in [0.1, 0.15) is 11.5 Å². The fourth-order valence-corrected chi connectivity index (χ4v) is 3.23. The average molecular weight is 411 g/mol. The zero-order valence-electron chi connectivity index (χ0n) is 16.1. The first-order valence-corrected chi connectivity index (χ1v) is 9.19. The molecular weight excluding hydrogens is 392 g/mol. The zero-order chi connectivity index (χ0) is 21.1. The molecule has 2 amide bonds. The number of rotatable bonds is 5. The number of carbonyl (C=O) groups is 3. The Morgan fingerprint density at radius 2 is 1.72 bits per heavy atom. The van der Waals surface area contributed by atoms with Crippen LogP contribution in [0.4, 0.5) is 11.5 Å². The lowest BCUT2D eigenvalue weighted by atomic mass is 10.1. The molecule has 7 nitrogen and oxygen atoms in total. The number of nitrogens with zero attached hydrogens (tertiary/aromatic N) is 1. The molecule has 0 saturated heterocycles. The monoisotopic (exact) mass is 410 g/mol. The molecule has 0 unspecified atom stereocenters. The Hall–Kier alpha value is -3.45. The first-order chi connectivity index (χ1) is 13.8. The summed E-state index contributed by atoms with van der Waals surface area (Å²) in [6, 6.07) is 9.81. The van der Waals surface area contributed by atoms with Gasteiger partial charge in [-0.25, -0.2) is 4.98 Å². The Kier molecular flexibility index (Phi) is 5.79.